The third kappa shape index (κ3) is 5.60. The number of aryl methyl sites for hydroxylation is 3. The van der Waals surface area contributed by atoms with E-state index in [1.54, 1.807) is 4.68 Å². The second kappa shape index (κ2) is 10.3. The Balaban J connectivity index is 1.48. The van der Waals surface area contributed by atoms with Gasteiger partial charge in [-0.1, -0.05) is 24.2 Å². The van der Waals surface area contributed by atoms with E-state index in [4.69, 9.17) is 14.2 Å². The van der Waals surface area contributed by atoms with Crippen molar-refractivity contribution in [3.63, 3.8) is 0 Å². The number of rotatable bonds is 9. The average molecular weight is 469 g/mol. The molecule has 0 aliphatic heterocycles. The topological polar surface area (TPSA) is 129 Å². The van der Waals surface area contributed by atoms with Gasteiger partial charge in [0.1, 0.15) is 11.4 Å². The Bertz CT molecular complexity index is 1140. The first-order valence-electron chi connectivity index (χ1n) is 11.9. The maximum Gasteiger partial charge on any atom is 0.306 e. The summed E-state index contributed by atoms with van der Waals surface area (Å²) >= 11 is 0. The second-order valence-corrected chi connectivity index (χ2v) is 9.44. The largest absolute Gasteiger partial charge is 0.489 e. The molecule has 0 radical (unpaired) electrons. The van der Waals surface area contributed by atoms with E-state index >= 15 is 0 Å². The van der Waals surface area contributed by atoms with Crippen LogP contribution in [0.5, 0.6) is 5.75 Å². The van der Waals surface area contributed by atoms with Gasteiger partial charge in [0, 0.05) is 13.5 Å². The summed E-state index contributed by atoms with van der Waals surface area (Å²) in [5, 5.41) is 21.9. The zero-order valence-corrected chi connectivity index (χ0v) is 20.2. The fraction of sp³-hybridized carbons (Fsp3) is 0.583. The van der Waals surface area contributed by atoms with Crippen LogP contribution in [-0.4, -0.2) is 47.3 Å². The van der Waals surface area contributed by atoms with Gasteiger partial charge in [-0.05, 0) is 57.1 Å². The molecule has 0 unspecified atom stereocenters. The summed E-state index contributed by atoms with van der Waals surface area (Å²) in [6.07, 6.45) is 5.02. The lowest BCUT2D eigenvalue weighted by atomic mass is 9.87. The highest BCUT2D eigenvalue weighted by Crippen LogP contribution is 2.30. The van der Waals surface area contributed by atoms with Crippen LogP contribution in [0.15, 0.2) is 16.7 Å². The first kappa shape index (κ1) is 23.8. The van der Waals surface area contributed by atoms with E-state index in [9.17, 15) is 9.90 Å². The van der Waals surface area contributed by atoms with E-state index in [1.165, 1.54) is 0 Å². The predicted octanol–water partition coefficient (Wildman–Crippen LogP) is 3.77. The Kier molecular flexibility index (Phi) is 7.23. The van der Waals surface area contributed by atoms with Gasteiger partial charge in [0.15, 0.2) is 5.82 Å². The van der Waals surface area contributed by atoms with Crippen LogP contribution in [0.2, 0.25) is 0 Å². The van der Waals surface area contributed by atoms with E-state index in [0.29, 0.717) is 54.0 Å². The highest BCUT2D eigenvalue weighted by molar-refractivity contribution is 5.70. The summed E-state index contributed by atoms with van der Waals surface area (Å²) in [6.45, 7) is 6.22. The minimum absolute atomic E-state index is 0.115. The summed E-state index contributed by atoms with van der Waals surface area (Å²) in [7, 11) is 1.83. The molecule has 3 heterocycles. The van der Waals surface area contributed by atoms with Crippen LogP contribution in [0.25, 0.3) is 11.4 Å². The second-order valence-electron chi connectivity index (χ2n) is 9.44. The summed E-state index contributed by atoms with van der Waals surface area (Å²) < 4.78 is 13.3. The Labute approximate surface area is 198 Å². The van der Waals surface area contributed by atoms with Crippen LogP contribution >= 0.6 is 0 Å². The van der Waals surface area contributed by atoms with E-state index in [2.05, 4.69) is 34.3 Å². The molecule has 10 nitrogen and oxygen atoms in total. The van der Waals surface area contributed by atoms with E-state index in [1.807, 2.05) is 26.1 Å². The summed E-state index contributed by atoms with van der Waals surface area (Å²) in [4.78, 5) is 20.6. The standard InChI is InChI=1S/C24H32N6O4/c1-14(2)8-11-21-26-22(34-28-21)13-19-23(27-29-30(19)4)18-9-10-20(15(3)25-18)33-17-7-5-6-16(12-17)24(31)32/h9-10,14,16-17H,5-8,11-13H2,1-4H3,(H,31,32)/t16-,17-/m0/s1. The third-order valence-corrected chi connectivity index (χ3v) is 6.27. The smallest absolute Gasteiger partial charge is 0.306 e. The van der Waals surface area contributed by atoms with Crippen molar-refractivity contribution < 1.29 is 19.2 Å². The highest BCUT2D eigenvalue weighted by Gasteiger charge is 2.28. The Morgan fingerprint density at radius 1 is 1.29 bits per heavy atom. The molecular weight excluding hydrogens is 436 g/mol. The number of carboxylic acids is 1. The van der Waals surface area contributed by atoms with E-state index in [0.717, 1.165) is 37.1 Å². The molecule has 2 atom stereocenters. The quantitative estimate of drug-likeness (QED) is 0.499. The van der Waals surface area contributed by atoms with Gasteiger partial charge in [-0.25, -0.2) is 4.98 Å². The Morgan fingerprint density at radius 3 is 2.85 bits per heavy atom. The lowest BCUT2D eigenvalue weighted by Gasteiger charge is -2.27. The minimum atomic E-state index is -0.748. The van der Waals surface area contributed by atoms with Crippen molar-refractivity contribution in [3.8, 4) is 17.1 Å². The van der Waals surface area contributed by atoms with Crippen LogP contribution < -0.4 is 4.74 Å². The molecule has 0 spiro atoms. The van der Waals surface area contributed by atoms with Gasteiger partial charge in [-0.15, -0.1) is 5.10 Å². The molecule has 182 valence electrons. The maximum atomic E-state index is 11.3. The van der Waals surface area contributed by atoms with Crippen LogP contribution in [0.1, 0.15) is 69.1 Å². The fourth-order valence-corrected chi connectivity index (χ4v) is 4.26. The van der Waals surface area contributed by atoms with Crippen molar-refractivity contribution in [3.05, 3.63) is 35.2 Å². The van der Waals surface area contributed by atoms with Crippen molar-refractivity contribution in [1.82, 2.24) is 30.1 Å². The summed E-state index contributed by atoms with van der Waals surface area (Å²) in [6, 6.07) is 3.73. The van der Waals surface area contributed by atoms with Crippen LogP contribution in [-0.2, 0) is 24.7 Å². The van der Waals surface area contributed by atoms with Gasteiger partial charge in [0.2, 0.25) is 5.89 Å². The molecule has 1 aliphatic carbocycles. The zero-order valence-electron chi connectivity index (χ0n) is 20.2. The van der Waals surface area contributed by atoms with Crippen LogP contribution in [0, 0.1) is 18.8 Å². The van der Waals surface area contributed by atoms with E-state index in [-0.39, 0.29) is 12.0 Å². The summed E-state index contributed by atoms with van der Waals surface area (Å²) in [5.41, 5.74) is 2.89. The SMILES string of the molecule is Cc1nc(-c2nnn(C)c2Cc2nc(CCC(C)C)no2)ccc1O[C@H]1CCC[C@H](C(=O)O)C1. The molecule has 1 saturated carbocycles. The predicted molar refractivity (Wildman–Crippen MR) is 123 cm³/mol. The van der Waals surface area contributed by atoms with Crippen molar-refractivity contribution in [2.45, 2.75) is 71.8 Å². The number of carbonyl (C=O) groups is 1. The molecule has 1 aliphatic rings. The average Bonchev–Trinajstić information content (AvgIpc) is 3.41. The molecule has 3 aromatic heterocycles. The van der Waals surface area contributed by atoms with E-state index < -0.39 is 5.97 Å². The normalized spacial score (nSPS) is 18.4. The highest BCUT2D eigenvalue weighted by atomic mass is 16.5. The van der Waals surface area contributed by atoms with Crippen molar-refractivity contribution >= 4 is 5.97 Å². The van der Waals surface area contributed by atoms with Gasteiger partial charge in [0.25, 0.3) is 0 Å². The van der Waals surface area contributed by atoms with Gasteiger partial charge in [0.05, 0.1) is 35.5 Å². The maximum absolute atomic E-state index is 11.3. The third-order valence-electron chi connectivity index (χ3n) is 6.27. The van der Waals surface area contributed by atoms with Crippen molar-refractivity contribution in [1.29, 1.82) is 0 Å². The molecule has 0 bridgehead atoms. The van der Waals surface area contributed by atoms with Crippen molar-refractivity contribution in [2.75, 3.05) is 0 Å². The molecule has 1 fully saturated rings. The number of aromatic nitrogens is 6. The summed E-state index contributed by atoms with van der Waals surface area (Å²) in [5.74, 6) is 1.38. The molecule has 1 N–H and O–H groups in total. The molecule has 4 rings (SSSR count). The van der Waals surface area contributed by atoms with Crippen LogP contribution in [0.4, 0.5) is 0 Å². The number of pyridine rings is 1. The van der Waals surface area contributed by atoms with Gasteiger partial charge < -0.3 is 14.4 Å². The monoisotopic (exact) mass is 468 g/mol. The number of hydrogen-bond donors (Lipinski definition) is 1. The fourth-order valence-electron chi connectivity index (χ4n) is 4.26. The number of nitrogens with zero attached hydrogens (tertiary/aromatic N) is 6. The minimum Gasteiger partial charge on any atom is -0.489 e. The number of ether oxygens (including phenoxy) is 1. The molecule has 10 heteroatoms. The number of hydrogen-bond acceptors (Lipinski definition) is 8. The van der Waals surface area contributed by atoms with Crippen LogP contribution in [0.3, 0.4) is 0 Å². The van der Waals surface area contributed by atoms with Gasteiger partial charge in [-0.3, -0.25) is 9.48 Å². The lowest BCUT2D eigenvalue weighted by molar-refractivity contribution is -0.143. The zero-order chi connectivity index (χ0) is 24.2. The first-order valence-corrected chi connectivity index (χ1v) is 11.9. The molecular formula is C24H32N6O4. The molecule has 34 heavy (non-hydrogen) atoms. The first-order chi connectivity index (χ1) is 16.3. The number of carboxylic acid groups (broad SMARTS) is 1. The Morgan fingerprint density at radius 2 is 2.12 bits per heavy atom. The molecule has 0 amide bonds. The molecule has 3 aromatic rings. The Hall–Kier alpha value is -3.30. The van der Waals surface area contributed by atoms with Gasteiger partial charge >= 0.3 is 5.97 Å². The number of aliphatic carboxylic acids is 1. The van der Waals surface area contributed by atoms with Gasteiger partial charge in [-0.2, -0.15) is 4.98 Å². The van der Waals surface area contributed by atoms with Crippen molar-refractivity contribution in [2.24, 2.45) is 18.9 Å². The molecule has 0 saturated heterocycles. The molecule has 0 aromatic carbocycles. The lowest BCUT2D eigenvalue weighted by Crippen LogP contribution is -2.29.